The van der Waals surface area contributed by atoms with Gasteiger partial charge >= 0.3 is 5.97 Å². The van der Waals surface area contributed by atoms with E-state index in [9.17, 15) is 37.1 Å². The third-order valence-corrected chi connectivity index (χ3v) is 9.25. The number of primary amides is 1. The van der Waals surface area contributed by atoms with Crippen molar-refractivity contribution >= 4 is 17.8 Å². The average molecular weight is 805 g/mol. The molecule has 5 N–H and O–H groups in total. The first-order valence-electron chi connectivity index (χ1n) is 17.9. The van der Waals surface area contributed by atoms with Crippen LogP contribution in [-0.4, -0.2) is 55.5 Å². The van der Waals surface area contributed by atoms with Gasteiger partial charge in [0.25, 0.3) is 5.91 Å². The molecule has 2 aromatic heterocycles. The molecule has 0 saturated heterocycles. The molecule has 59 heavy (non-hydrogen) atoms. The fourth-order valence-electron chi connectivity index (χ4n) is 6.30. The van der Waals surface area contributed by atoms with Crippen molar-refractivity contribution in [1.29, 1.82) is 0 Å². The van der Waals surface area contributed by atoms with Crippen LogP contribution in [0.1, 0.15) is 33.2 Å². The highest BCUT2D eigenvalue weighted by Gasteiger charge is 2.34. The average Bonchev–Trinajstić information content (AvgIpc) is 3.87. The van der Waals surface area contributed by atoms with Crippen molar-refractivity contribution < 1.29 is 41.8 Å². The van der Waals surface area contributed by atoms with Crippen LogP contribution < -0.4 is 11.1 Å². The molecule has 7 rings (SSSR count). The lowest BCUT2D eigenvalue weighted by Crippen LogP contribution is -2.56. The van der Waals surface area contributed by atoms with Gasteiger partial charge in [0.1, 0.15) is 35.5 Å². The maximum Gasteiger partial charge on any atom is 0.336 e. The highest BCUT2D eigenvalue weighted by atomic mass is 19.1. The van der Waals surface area contributed by atoms with E-state index in [0.29, 0.717) is 22.5 Å². The van der Waals surface area contributed by atoms with Gasteiger partial charge in [-0.2, -0.15) is 10.2 Å². The molecule has 0 bridgehead atoms. The number of nitrogens with zero attached hydrogens (tertiary/aromatic N) is 3. The van der Waals surface area contributed by atoms with Crippen molar-refractivity contribution in [1.82, 2.24) is 25.3 Å². The van der Waals surface area contributed by atoms with Crippen LogP contribution in [0, 0.1) is 23.3 Å². The van der Waals surface area contributed by atoms with Gasteiger partial charge in [0, 0.05) is 30.2 Å². The predicted molar refractivity (Wildman–Crippen MR) is 212 cm³/mol. The van der Waals surface area contributed by atoms with Crippen LogP contribution in [0.15, 0.2) is 127 Å². The molecule has 1 atom stereocenters. The zero-order chi connectivity index (χ0) is 42.3. The molecular weight excluding hydrogens is 769 g/mol. The number of hydrogen-bond donors (Lipinski definition) is 4. The standard InChI is InChI=1S/C26H22F2N4O2.C18H14F2N2O3/c1-26(25(29)34,15-16-6-3-2-4-7-16)30-24(33)19-8-5-9-20(28)23(19)22-14-21(31-32-22)17-10-12-18(27)13-11-17;1-25-10-22-16(11-5-7-12(19)8-6-11)9-15(21-22)17-13(18(23)24)3-2-4-14(17)20/h2-14H,15H2,1H3,(H2,29,34)(H,30,33)(H,31,32);2-9H,10H2,1H3,(H,23,24)/t26-;/m0./s1. The first-order valence-corrected chi connectivity index (χ1v) is 17.9. The van der Waals surface area contributed by atoms with E-state index in [1.54, 1.807) is 36.4 Å². The predicted octanol–water partition coefficient (Wildman–Crippen LogP) is 8.04. The first-order chi connectivity index (χ1) is 28.3. The summed E-state index contributed by atoms with van der Waals surface area (Å²) in [7, 11) is 1.47. The fourth-order valence-corrected chi connectivity index (χ4v) is 6.30. The zero-order valence-electron chi connectivity index (χ0n) is 31.5. The Kier molecular flexibility index (Phi) is 12.5. The number of ether oxygens (including phenoxy) is 1. The minimum Gasteiger partial charge on any atom is -0.478 e. The molecule has 11 nitrogen and oxygen atoms in total. The Hall–Kier alpha value is -7.39. The lowest BCUT2D eigenvalue weighted by molar-refractivity contribution is -0.123. The number of carbonyl (C=O) groups is 3. The molecule has 0 saturated carbocycles. The van der Waals surface area contributed by atoms with Gasteiger partial charge in [-0.15, -0.1) is 0 Å². The minimum absolute atomic E-state index is 0.00704. The normalized spacial score (nSPS) is 11.9. The second-order valence-electron chi connectivity index (χ2n) is 13.5. The summed E-state index contributed by atoms with van der Waals surface area (Å²) < 4.78 is 62.2. The van der Waals surface area contributed by atoms with Crippen LogP contribution in [0.5, 0.6) is 0 Å². The maximum atomic E-state index is 14.9. The van der Waals surface area contributed by atoms with Gasteiger partial charge in [-0.3, -0.25) is 14.7 Å². The second-order valence-corrected chi connectivity index (χ2v) is 13.5. The molecule has 2 heterocycles. The molecule has 0 aliphatic rings. The number of nitrogens with one attached hydrogen (secondary N) is 2. The number of halogens is 4. The number of nitrogens with two attached hydrogens (primary N) is 1. The third-order valence-electron chi connectivity index (χ3n) is 9.25. The summed E-state index contributed by atoms with van der Waals surface area (Å²) in [5.74, 6) is -4.74. The number of aromatic nitrogens is 4. The Balaban J connectivity index is 0.000000208. The van der Waals surface area contributed by atoms with Crippen LogP contribution in [0.25, 0.3) is 45.0 Å². The molecule has 2 amide bonds. The van der Waals surface area contributed by atoms with Crippen molar-refractivity contribution in [3.8, 4) is 45.0 Å². The van der Waals surface area contributed by atoms with Crippen molar-refractivity contribution in [2.24, 2.45) is 5.73 Å². The summed E-state index contributed by atoms with van der Waals surface area (Å²) in [6.07, 6.45) is 0.165. The summed E-state index contributed by atoms with van der Waals surface area (Å²) in [4.78, 5) is 36.9. The van der Waals surface area contributed by atoms with E-state index in [0.717, 1.165) is 5.56 Å². The van der Waals surface area contributed by atoms with Gasteiger partial charge in [0.05, 0.1) is 39.5 Å². The molecule has 0 spiro atoms. The largest absolute Gasteiger partial charge is 0.478 e. The molecule has 0 radical (unpaired) electrons. The van der Waals surface area contributed by atoms with E-state index < -0.39 is 35.0 Å². The van der Waals surface area contributed by atoms with Gasteiger partial charge < -0.3 is 20.9 Å². The number of aromatic carboxylic acids is 1. The number of aromatic amines is 1. The Bertz CT molecular complexity index is 2610. The number of amides is 2. The highest BCUT2D eigenvalue weighted by Crippen LogP contribution is 2.32. The molecule has 0 unspecified atom stereocenters. The Morgan fingerprint density at radius 3 is 1.95 bits per heavy atom. The summed E-state index contributed by atoms with van der Waals surface area (Å²) in [5, 5.41) is 23.2. The van der Waals surface area contributed by atoms with Crippen LogP contribution in [0.2, 0.25) is 0 Å². The molecule has 300 valence electrons. The van der Waals surface area contributed by atoms with Crippen LogP contribution in [0.4, 0.5) is 17.6 Å². The molecule has 0 aliphatic heterocycles. The quantitative estimate of drug-likeness (QED) is 0.0908. The third kappa shape index (κ3) is 9.43. The van der Waals surface area contributed by atoms with Gasteiger partial charge in [0.2, 0.25) is 5.91 Å². The Morgan fingerprint density at radius 1 is 0.763 bits per heavy atom. The number of rotatable bonds is 12. The van der Waals surface area contributed by atoms with Crippen molar-refractivity contribution in [2.75, 3.05) is 7.11 Å². The smallest absolute Gasteiger partial charge is 0.336 e. The minimum atomic E-state index is -1.41. The van der Waals surface area contributed by atoms with E-state index in [4.69, 9.17) is 10.5 Å². The number of H-pyrrole nitrogens is 1. The molecular formula is C44H36F4N6O5. The summed E-state index contributed by atoms with van der Waals surface area (Å²) in [6, 6.07) is 31.5. The number of carboxylic acids is 1. The molecule has 7 aromatic rings. The zero-order valence-corrected chi connectivity index (χ0v) is 31.5. The molecule has 0 fully saturated rings. The molecule has 0 aliphatic carbocycles. The van der Waals surface area contributed by atoms with Gasteiger partial charge in [-0.05, 0) is 97.4 Å². The lowest BCUT2D eigenvalue weighted by atomic mass is 9.91. The Morgan fingerprint density at radius 2 is 1.36 bits per heavy atom. The van der Waals surface area contributed by atoms with E-state index >= 15 is 0 Å². The van der Waals surface area contributed by atoms with Gasteiger partial charge in [-0.25, -0.2) is 27.0 Å². The number of benzene rings is 5. The highest BCUT2D eigenvalue weighted by molar-refractivity contribution is 6.03. The summed E-state index contributed by atoms with van der Waals surface area (Å²) in [5.41, 5.74) is 7.43. The number of carboxylic acid groups (broad SMARTS) is 1. The van der Waals surface area contributed by atoms with Gasteiger partial charge in [-0.1, -0.05) is 42.5 Å². The second kappa shape index (κ2) is 17.8. The number of carbonyl (C=O) groups excluding carboxylic acids is 2. The van der Waals surface area contributed by atoms with Crippen LogP contribution in [-0.2, 0) is 22.7 Å². The lowest BCUT2D eigenvalue weighted by Gasteiger charge is -2.28. The SMILES string of the molecule is COCn1nc(-c2c(F)cccc2C(=O)O)cc1-c1ccc(F)cc1.C[C@@](Cc1ccccc1)(NC(=O)c1cccc(F)c1-c1cc(-c2ccc(F)cc2)n[nH]1)C(N)=O. The topological polar surface area (TPSA) is 165 Å². The number of hydrogen-bond acceptors (Lipinski definition) is 6. The van der Waals surface area contributed by atoms with Crippen molar-refractivity contribution in [3.63, 3.8) is 0 Å². The van der Waals surface area contributed by atoms with E-state index in [-0.39, 0.29) is 58.4 Å². The van der Waals surface area contributed by atoms with E-state index in [1.807, 2.05) is 30.3 Å². The van der Waals surface area contributed by atoms with Crippen LogP contribution in [0.3, 0.4) is 0 Å². The van der Waals surface area contributed by atoms with E-state index in [1.165, 1.54) is 79.4 Å². The Labute approximate surface area is 335 Å². The maximum absolute atomic E-state index is 14.9. The van der Waals surface area contributed by atoms with E-state index in [2.05, 4.69) is 20.6 Å². The molecule has 5 aromatic carbocycles. The fraction of sp³-hybridized carbons (Fsp3) is 0.114. The first kappa shape index (κ1) is 41.2. The van der Waals surface area contributed by atoms with Crippen molar-refractivity contribution in [2.45, 2.75) is 25.6 Å². The summed E-state index contributed by atoms with van der Waals surface area (Å²) >= 11 is 0. The van der Waals surface area contributed by atoms with Crippen LogP contribution >= 0.6 is 0 Å². The molecule has 15 heteroatoms. The van der Waals surface area contributed by atoms with Gasteiger partial charge in [0.15, 0.2) is 0 Å². The summed E-state index contributed by atoms with van der Waals surface area (Å²) in [6.45, 7) is 1.60. The number of methoxy groups -OCH3 is 1. The monoisotopic (exact) mass is 804 g/mol. The van der Waals surface area contributed by atoms with Crippen molar-refractivity contribution in [3.05, 3.63) is 167 Å².